The van der Waals surface area contributed by atoms with Crippen LogP contribution in [-0.2, 0) is 9.59 Å². The van der Waals surface area contributed by atoms with Gasteiger partial charge in [0.2, 0.25) is 0 Å². The molecule has 0 saturated heterocycles. The standard InChI is InChI=1S/C12H16O4/c13-11(14)9-7-3-4-8(10(9)12(15)16)6-2-1-5(6)7/h5-10H,1-4H2,(H,13,14)(H,15,16)/t5?,6?,7?,8?,9-,10+. The van der Waals surface area contributed by atoms with Crippen LogP contribution in [0.3, 0.4) is 0 Å². The van der Waals surface area contributed by atoms with Gasteiger partial charge in [-0.2, -0.15) is 0 Å². The summed E-state index contributed by atoms with van der Waals surface area (Å²) >= 11 is 0. The Morgan fingerprint density at radius 2 is 1.00 bits per heavy atom. The van der Waals surface area contributed by atoms with E-state index in [0.717, 1.165) is 25.7 Å². The van der Waals surface area contributed by atoms with Crippen LogP contribution in [0.1, 0.15) is 25.7 Å². The van der Waals surface area contributed by atoms with Gasteiger partial charge in [0, 0.05) is 0 Å². The third kappa shape index (κ3) is 1.10. The molecule has 4 aliphatic rings. The van der Waals surface area contributed by atoms with Crippen LogP contribution in [0.15, 0.2) is 0 Å². The molecule has 0 radical (unpaired) electrons. The number of carboxylic acids is 2. The smallest absolute Gasteiger partial charge is 0.307 e. The van der Waals surface area contributed by atoms with Gasteiger partial charge in [0.1, 0.15) is 0 Å². The second-order valence-corrected chi connectivity index (χ2v) is 5.54. The fraction of sp³-hybridized carbons (Fsp3) is 0.833. The number of carbonyl (C=O) groups is 2. The van der Waals surface area contributed by atoms with Gasteiger partial charge in [0.15, 0.2) is 0 Å². The lowest BCUT2D eigenvalue weighted by molar-refractivity contribution is -0.185. The Labute approximate surface area is 93.6 Å². The van der Waals surface area contributed by atoms with E-state index in [4.69, 9.17) is 0 Å². The molecule has 4 saturated carbocycles. The maximum absolute atomic E-state index is 11.3. The number of carboxylic acid groups (broad SMARTS) is 2. The highest BCUT2D eigenvalue weighted by molar-refractivity contribution is 5.81. The number of rotatable bonds is 2. The van der Waals surface area contributed by atoms with Crippen LogP contribution in [0.25, 0.3) is 0 Å². The molecule has 0 aromatic carbocycles. The highest BCUT2D eigenvalue weighted by Gasteiger charge is 2.61. The van der Waals surface area contributed by atoms with Gasteiger partial charge in [-0.25, -0.2) is 0 Å². The Morgan fingerprint density at radius 3 is 1.25 bits per heavy atom. The molecule has 16 heavy (non-hydrogen) atoms. The summed E-state index contributed by atoms with van der Waals surface area (Å²) in [6, 6.07) is 0. The number of fused-ring (bicyclic) bond motifs is 2. The van der Waals surface area contributed by atoms with Crippen molar-refractivity contribution in [2.45, 2.75) is 25.7 Å². The average Bonchev–Trinajstić information content (AvgIpc) is 2.15. The van der Waals surface area contributed by atoms with Crippen molar-refractivity contribution in [2.24, 2.45) is 35.5 Å². The molecule has 0 aromatic rings. The summed E-state index contributed by atoms with van der Waals surface area (Å²) < 4.78 is 0. The van der Waals surface area contributed by atoms with Gasteiger partial charge < -0.3 is 10.2 Å². The van der Waals surface area contributed by atoms with E-state index in [1.807, 2.05) is 0 Å². The summed E-state index contributed by atoms with van der Waals surface area (Å²) in [5.74, 6) is -1.77. The molecular formula is C12H16O4. The Hall–Kier alpha value is -1.06. The second-order valence-electron chi connectivity index (χ2n) is 5.54. The van der Waals surface area contributed by atoms with E-state index in [1.54, 1.807) is 0 Å². The quantitative estimate of drug-likeness (QED) is 0.744. The molecule has 4 heteroatoms. The summed E-state index contributed by atoms with van der Waals surface area (Å²) in [6.45, 7) is 0. The minimum atomic E-state index is -0.896. The lowest BCUT2D eigenvalue weighted by Gasteiger charge is -2.59. The summed E-state index contributed by atoms with van der Waals surface area (Å²) in [7, 11) is 0. The zero-order chi connectivity index (χ0) is 11.4. The molecule has 0 aliphatic heterocycles. The average molecular weight is 224 g/mol. The lowest BCUT2D eigenvalue weighted by Crippen LogP contribution is -2.58. The van der Waals surface area contributed by atoms with E-state index < -0.39 is 23.8 Å². The highest BCUT2D eigenvalue weighted by Crippen LogP contribution is 2.62. The minimum Gasteiger partial charge on any atom is -0.481 e. The highest BCUT2D eigenvalue weighted by atomic mass is 16.4. The van der Waals surface area contributed by atoms with Crippen LogP contribution in [-0.4, -0.2) is 22.2 Å². The van der Waals surface area contributed by atoms with Crippen molar-refractivity contribution in [3.05, 3.63) is 0 Å². The summed E-state index contributed by atoms with van der Waals surface area (Å²) in [4.78, 5) is 22.5. The zero-order valence-corrected chi connectivity index (χ0v) is 9.00. The third-order valence-electron chi connectivity index (χ3n) is 5.20. The number of hydrogen-bond donors (Lipinski definition) is 2. The van der Waals surface area contributed by atoms with Crippen LogP contribution in [0.5, 0.6) is 0 Å². The predicted molar refractivity (Wildman–Crippen MR) is 54.7 cm³/mol. The van der Waals surface area contributed by atoms with Gasteiger partial charge in [-0.1, -0.05) is 0 Å². The molecule has 0 amide bonds. The minimum absolute atomic E-state index is 0.127. The summed E-state index contributed by atoms with van der Waals surface area (Å²) in [5, 5.41) is 18.5. The molecule has 2 N–H and O–H groups in total. The largest absolute Gasteiger partial charge is 0.481 e. The lowest BCUT2D eigenvalue weighted by atomic mass is 9.44. The maximum atomic E-state index is 11.3. The molecular weight excluding hydrogens is 208 g/mol. The van der Waals surface area contributed by atoms with Gasteiger partial charge in [-0.05, 0) is 49.4 Å². The molecule has 88 valence electrons. The van der Waals surface area contributed by atoms with Gasteiger partial charge in [0.05, 0.1) is 11.8 Å². The molecule has 2 bridgehead atoms. The van der Waals surface area contributed by atoms with Crippen molar-refractivity contribution in [1.29, 1.82) is 0 Å². The van der Waals surface area contributed by atoms with Crippen molar-refractivity contribution in [3.63, 3.8) is 0 Å². The van der Waals surface area contributed by atoms with Crippen LogP contribution in [0.2, 0.25) is 0 Å². The van der Waals surface area contributed by atoms with Crippen molar-refractivity contribution in [3.8, 4) is 0 Å². The van der Waals surface area contributed by atoms with Crippen molar-refractivity contribution >= 4 is 11.9 Å². The first-order chi connectivity index (χ1) is 7.61. The van der Waals surface area contributed by atoms with Crippen molar-refractivity contribution < 1.29 is 19.8 Å². The molecule has 4 unspecified atom stereocenters. The fourth-order valence-corrected chi connectivity index (χ4v) is 4.53. The van der Waals surface area contributed by atoms with E-state index in [0.29, 0.717) is 11.8 Å². The van der Waals surface area contributed by atoms with E-state index in [2.05, 4.69) is 0 Å². The van der Waals surface area contributed by atoms with E-state index >= 15 is 0 Å². The van der Waals surface area contributed by atoms with Crippen molar-refractivity contribution in [1.82, 2.24) is 0 Å². The van der Waals surface area contributed by atoms with Crippen LogP contribution in [0, 0.1) is 35.5 Å². The summed E-state index contributed by atoms with van der Waals surface area (Å²) in [5.41, 5.74) is 0. The van der Waals surface area contributed by atoms with Gasteiger partial charge in [-0.3, -0.25) is 9.59 Å². The topological polar surface area (TPSA) is 74.6 Å². The Balaban J connectivity index is 1.97. The molecule has 6 atom stereocenters. The molecule has 0 aromatic heterocycles. The molecule has 0 spiro atoms. The predicted octanol–water partition coefficient (Wildman–Crippen LogP) is 1.45. The Morgan fingerprint density at radius 1 is 0.688 bits per heavy atom. The van der Waals surface area contributed by atoms with Gasteiger partial charge >= 0.3 is 11.9 Å². The molecule has 4 rings (SSSR count). The Bertz CT molecular complexity index is 317. The monoisotopic (exact) mass is 224 g/mol. The van der Waals surface area contributed by atoms with E-state index in [-0.39, 0.29) is 11.8 Å². The normalized spacial score (nSPS) is 49.2. The van der Waals surface area contributed by atoms with Crippen molar-refractivity contribution in [2.75, 3.05) is 0 Å². The third-order valence-corrected chi connectivity index (χ3v) is 5.20. The first-order valence-corrected chi connectivity index (χ1v) is 6.07. The van der Waals surface area contributed by atoms with Gasteiger partial charge in [0.25, 0.3) is 0 Å². The second kappa shape index (κ2) is 3.22. The SMILES string of the molecule is O=C(O)[C@@H]1C2CCC(C3CCC32)[C@@H]1C(=O)O. The van der Waals surface area contributed by atoms with Crippen LogP contribution in [0.4, 0.5) is 0 Å². The Kier molecular flexibility index (Phi) is 2.03. The van der Waals surface area contributed by atoms with Gasteiger partial charge in [-0.15, -0.1) is 0 Å². The number of hydrogen-bond acceptors (Lipinski definition) is 2. The molecule has 4 fully saturated rings. The first-order valence-electron chi connectivity index (χ1n) is 6.07. The molecule has 0 heterocycles. The van der Waals surface area contributed by atoms with E-state index in [1.165, 1.54) is 0 Å². The molecule has 4 nitrogen and oxygen atoms in total. The van der Waals surface area contributed by atoms with Crippen LogP contribution < -0.4 is 0 Å². The summed E-state index contributed by atoms with van der Waals surface area (Å²) in [6.07, 6.45) is 4.07. The number of aliphatic carboxylic acids is 2. The zero-order valence-electron chi connectivity index (χ0n) is 9.00. The van der Waals surface area contributed by atoms with E-state index in [9.17, 15) is 19.8 Å². The fourth-order valence-electron chi connectivity index (χ4n) is 4.53. The van der Waals surface area contributed by atoms with Crippen LogP contribution >= 0.6 is 0 Å². The molecule has 4 aliphatic carbocycles. The maximum Gasteiger partial charge on any atom is 0.307 e. The first kappa shape index (κ1) is 10.1.